The van der Waals surface area contributed by atoms with Crippen LogP contribution in [0.15, 0.2) is 18.2 Å². The van der Waals surface area contributed by atoms with Crippen LogP contribution in [0.3, 0.4) is 0 Å². The number of halogens is 3. The lowest BCUT2D eigenvalue weighted by molar-refractivity contribution is -0.193. The van der Waals surface area contributed by atoms with Gasteiger partial charge in [0.05, 0.1) is 12.7 Å². The molecule has 0 saturated carbocycles. The number of hydrogen-bond acceptors (Lipinski definition) is 8. The molecule has 0 aliphatic carbocycles. The van der Waals surface area contributed by atoms with Crippen LogP contribution in [0.1, 0.15) is 39.3 Å². The first-order valence-electron chi connectivity index (χ1n) is 12.1. The molecule has 9 nitrogen and oxygen atoms in total. The summed E-state index contributed by atoms with van der Waals surface area (Å²) in [5, 5.41) is 21.1. The molecule has 1 amide bonds. The van der Waals surface area contributed by atoms with Crippen molar-refractivity contribution in [3.63, 3.8) is 0 Å². The second-order valence-electron chi connectivity index (χ2n) is 11.0. The maximum atomic E-state index is 12.9. The number of likely N-dealkylation sites (tertiary alicyclic amines) is 2. The van der Waals surface area contributed by atoms with E-state index in [1.807, 2.05) is 20.8 Å². The van der Waals surface area contributed by atoms with E-state index >= 15 is 0 Å². The largest absolute Gasteiger partial charge is 0.469 e. The molecule has 4 heterocycles. The SMILES string of the molecule is CC(C)(C)OC(=O)N1CCC2(CC1)CN(C[C@H]1OC[C@H](Oc3cccc(C(F)(F)F)n3)[C@@H](O)[C@H]1O)C2. The van der Waals surface area contributed by atoms with Crippen molar-refractivity contribution in [1.82, 2.24) is 14.8 Å². The van der Waals surface area contributed by atoms with Crippen LogP contribution in [0.25, 0.3) is 0 Å². The van der Waals surface area contributed by atoms with Crippen LogP contribution in [0.4, 0.5) is 18.0 Å². The van der Waals surface area contributed by atoms with E-state index in [1.54, 1.807) is 4.90 Å². The van der Waals surface area contributed by atoms with Crippen LogP contribution in [0.2, 0.25) is 0 Å². The van der Waals surface area contributed by atoms with E-state index in [-0.39, 0.29) is 24.0 Å². The number of carbonyl (C=O) groups is 1. The number of piperidine rings is 1. The molecular weight excluding hydrogens is 483 g/mol. The summed E-state index contributed by atoms with van der Waals surface area (Å²) in [6.07, 6.45) is -7.50. The van der Waals surface area contributed by atoms with Gasteiger partial charge in [0.2, 0.25) is 5.88 Å². The minimum Gasteiger partial charge on any atom is -0.469 e. The Hall–Kier alpha value is -2.15. The fourth-order valence-corrected chi connectivity index (χ4v) is 5.01. The second-order valence-corrected chi connectivity index (χ2v) is 11.0. The van der Waals surface area contributed by atoms with Crippen LogP contribution in [-0.2, 0) is 15.7 Å². The van der Waals surface area contributed by atoms with Crippen LogP contribution < -0.4 is 4.74 Å². The highest BCUT2D eigenvalue weighted by atomic mass is 19.4. The number of nitrogens with zero attached hydrogens (tertiary/aromatic N) is 3. The normalized spacial score (nSPS) is 29.1. The van der Waals surface area contributed by atoms with Crippen molar-refractivity contribution in [2.45, 2.75) is 69.8 Å². The monoisotopic (exact) mass is 517 g/mol. The maximum Gasteiger partial charge on any atom is 0.433 e. The Balaban J connectivity index is 1.23. The van der Waals surface area contributed by atoms with Gasteiger partial charge in [-0.15, -0.1) is 0 Å². The van der Waals surface area contributed by atoms with Crippen molar-refractivity contribution in [3.8, 4) is 5.88 Å². The Morgan fingerprint density at radius 2 is 1.83 bits per heavy atom. The van der Waals surface area contributed by atoms with Crippen molar-refractivity contribution in [2.24, 2.45) is 5.41 Å². The average Bonchev–Trinajstić information content (AvgIpc) is 2.76. The summed E-state index contributed by atoms with van der Waals surface area (Å²) in [5.41, 5.74) is -1.52. The second kappa shape index (κ2) is 9.96. The van der Waals surface area contributed by atoms with Crippen molar-refractivity contribution < 1.29 is 42.4 Å². The van der Waals surface area contributed by atoms with Gasteiger partial charge in [0.15, 0.2) is 6.10 Å². The standard InChI is InChI=1S/C24H34F3N3O6/c1-22(2,3)36-21(33)30-9-7-23(8-10-30)13-29(14-23)11-15-19(31)20(32)16(12-34-15)35-18-6-4-5-17(28-18)24(25,26)27/h4-6,15-16,19-20,31-32H,7-14H2,1-3H3/t15-,16+,19+,20-/m1/s1. The molecule has 2 N–H and O–H groups in total. The fraction of sp³-hybridized carbons (Fsp3) is 0.750. The number of aliphatic hydroxyl groups excluding tert-OH is 2. The molecule has 0 bridgehead atoms. The molecule has 202 valence electrons. The highest BCUT2D eigenvalue weighted by molar-refractivity contribution is 5.68. The quantitative estimate of drug-likeness (QED) is 0.627. The van der Waals surface area contributed by atoms with Crippen molar-refractivity contribution in [2.75, 3.05) is 39.3 Å². The Morgan fingerprint density at radius 3 is 2.44 bits per heavy atom. The maximum absolute atomic E-state index is 12.9. The third-order valence-electron chi connectivity index (χ3n) is 6.90. The summed E-state index contributed by atoms with van der Waals surface area (Å²) < 4.78 is 55.2. The van der Waals surface area contributed by atoms with E-state index in [0.29, 0.717) is 19.6 Å². The van der Waals surface area contributed by atoms with Crippen molar-refractivity contribution in [3.05, 3.63) is 23.9 Å². The molecule has 4 atom stereocenters. The van der Waals surface area contributed by atoms with Crippen LogP contribution >= 0.6 is 0 Å². The summed E-state index contributed by atoms with van der Waals surface area (Å²) in [7, 11) is 0. The van der Waals surface area contributed by atoms with E-state index in [9.17, 15) is 28.2 Å². The molecule has 1 aromatic heterocycles. The van der Waals surface area contributed by atoms with Gasteiger partial charge in [-0.25, -0.2) is 9.78 Å². The fourth-order valence-electron chi connectivity index (χ4n) is 5.01. The van der Waals surface area contributed by atoms with E-state index in [4.69, 9.17) is 14.2 Å². The van der Waals surface area contributed by atoms with Crippen LogP contribution in [-0.4, -0.2) is 100 Å². The van der Waals surface area contributed by atoms with Gasteiger partial charge in [-0.1, -0.05) is 6.07 Å². The first-order chi connectivity index (χ1) is 16.7. The van der Waals surface area contributed by atoms with Gasteiger partial charge in [-0.2, -0.15) is 13.2 Å². The summed E-state index contributed by atoms with van der Waals surface area (Å²) in [6, 6.07) is 3.25. The number of pyridine rings is 1. The minimum atomic E-state index is -4.62. The molecule has 0 unspecified atom stereocenters. The Bertz CT molecular complexity index is 924. The Morgan fingerprint density at radius 1 is 1.17 bits per heavy atom. The molecule has 3 aliphatic heterocycles. The van der Waals surface area contributed by atoms with Gasteiger partial charge in [0, 0.05) is 38.8 Å². The molecule has 3 saturated heterocycles. The molecule has 1 spiro atoms. The Kier molecular flexibility index (Phi) is 7.44. The lowest BCUT2D eigenvalue weighted by Crippen LogP contribution is -2.65. The van der Waals surface area contributed by atoms with Crippen molar-refractivity contribution in [1.29, 1.82) is 0 Å². The highest BCUT2D eigenvalue weighted by Crippen LogP contribution is 2.41. The van der Waals surface area contributed by atoms with E-state index in [2.05, 4.69) is 9.88 Å². The lowest BCUT2D eigenvalue weighted by Gasteiger charge is -2.55. The van der Waals surface area contributed by atoms with E-state index in [1.165, 1.54) is 6.07 Å². The molecule has 3 fully saturated rings. The third-order valence-corrected chi connectivity index (χ3v) is 6.90. The number of amides is 1. The molecule has 3 aliphatic rings. The molecule has 1 aromatic rings. The first-order valence-corrected chi connectivity index (χ1v) is 12.1. The number of ether oxygens (including phenoxy) is 3. The first kappa shape index (κ1) is 26.9. The predicted molar refractivity (Wildman–Crippen MR) is 121 cm³/mol. The van der Waals surface area contributed by atoms with Gasteiger partial charge in [-0.05, 0) is 45.1 Å². The highest BCUT2D eigenvalue weighted by Gasteiger charge is 2.48. The number of aromatic nitrogens is 1. The number of rotatable bonds is 4. The topological polar surface area (TPSA) is 105 Å². The number of aliphatic hydroxyl groups is 2. The summed E-state index contributed by atoms with van der Waals surface area (Å²) in [4.78, 5) is 19.6. The molecular formula is C24H34F3N3O6. The number of alkyl halides is 3. The summed E-state index contributed by atoms with van der Waals surface area (Å²) >= 11 is 0. The zero-order chi connectivity index (χ0) is 26.3. The number of hydrogen-bond donors (Lipinski definition) is 2. The predicted octanol–water partition coefficient (Wildman–Crippen LogP) is 2.30. The zero-order valence-electron chi connectivity index (χ0n) is 20.7. The van der Waals surface area contributed by atoms with Crippen LogP contribution in [0, 0.1) is 5.41 Å². The van der Waals surface area contributed by atoms with Gasteiger partial charge >= 0.3 is 12.3 Å². The lowest BCUT2D eigenvalue weighted by atomic mass is 9.72. The molecule has 0 aromatic carbocycles. The summed E-state index contributed by atoms with van der Waals surface area (Å²) in [5.74, 6) is -0.300. The zero-order valence-corrected chi connectivity index (χ0v) is 20.7. The molecule has 4 rings (SSSR count). The molecule has 12 heteroatoms. The third kappa shape index (κ3) is 6.21. The van der Waals surface area contributed by atoms with Crippen molar-refractivity contribution >= 4 is 6.09 Å². The van der Waals surface area contributed by atoms with Gasteiger partial charge in [-0.3, -0.25) is 4.90 Å². The van der Waals surface area contributed by atoms with E-state index < -0.39 is 41.9 Å². The minimum absolute atomic E-state index is 0.0926. The van der Waals surface area contributed by atoms with Gasteiger partial charge < -0.3 is 29.3 Å². The average molecular weight is 518 g/mol. The Labute approximate surface area is 208 Å². The molecule has 36 heavy (non-hydrogen) atoms. The van der Waals surface area contributed by atoms with Crippen LogP contribution in [0.5, 0.6) is 5.88 Å². The number of carbonyl (C=O) groups excluding carboxylic acids is 1. The molecule has 0 radical (unpaired) electrons. The summed E-state index contributed by atoms with van der Waals surface area (Å²) in [6.45, 7) is 8.70. The van der Waals surface area contributed by atoms with E-state index in [0.717, 1.165) is 38.1 Å². The van der Waals surface area contributed by atoms with Gasteiger partial charge in [0.25, 0.3) is 0 Å². The van der Waals surface area contributed by atoms with Gasteiger partial charge in [0.1, 0.15) is 23.5 Å². The smallest absolute Gasteiger partial charge is 0.433 e.